The summed E-state index contributed by atoms with van der Waals surface area (Å²) in [6.07, 6.45) is 1.64. The number of carbonyl (C=O) groups is 1. The number of hydrogen-bond donors (Lipinski definition) is 2. The number of nitrogen functional groups attached to an aromatic ring is 1. The molecule has 0 aliphatic rings. The van der Waals surface area contributed by atoms with Gasteiger partial charge in [-0.1, -0.05) is 0 Å². The first-order valence-electron chi connectivity index (χ1n) is 4.84. The van der Waals surface area contributed by atoms with Gasteiger partial charge in [-0.3, -0.25) is 4.79 Å². The fourth-order valence-corrected chi connectivity index (χ4v) is 1.27. The van der Waals surface area contributed by atoms with Crippen LogP contribution in [-0.4, -0.2) is 31.0 Å². The van der Waals surface area contributed by atoms with Crippen LogP contribution in [-0.2, 0) is 4.79 Å². The zero-order chi connectivity index (χ0) is 11.3. The molecule has 1 aromatic heterocycles. The zero-order valence-corrected chi connectivity index (χ0v) is 9.03. The lowest BCUT2D eigenvalue weighted by Gasteiger charge is -2.21. The fourth-order valence-electron chi connectivity index (χ4n) is 1.27. The third-order valence-electron chi connectivity index (χ3n) is 2.12. The van der Waals surface area contributed by atoms with E-state index in [0.29, 0.717) is 12.4 Å². The molecule has 1 amide bonds. The second kappa shape index (κ2) is 5.19. The third-order valence-corrected chi connectivity index (χ3v) is 2.12. The molecule has 0 bridgehead atoms. The number of anilines is 2. The number of likely N-dealkylation sites (N-methyl/N-ethyl adjacent to an activating group) is 2. The van der Waals surface area contributed by atoms with Crippen molar-refractivity contribution in [2.45, 2.75) is 6.92 Å². The SMILES string of the molecule is CCN(CC(=O)NC)c1ccnc(N)c1. The maximum atomic E-state index is 11.2. The molecular formula is C10H16N4O. The zero-order valence-electron chi connectivity index (χ0n) is 9.03. The number of aromatic nitrogens is 1. The summed E-state index contributed by atoms with van der Waals surface area (Å²) in [7, 11) is 1.62. The van der Waals surface area contributed by atoms with Gasteiger partial charge in [-0.15, -0.1) is 0 Å². The van der Waals surface area contributed by atoms with Gasteiger partial charge in [0.25, 0.3) is 0 Å². The second-order valence-electron chi connectivity index (χ2n) is 3.13. The summed E-state index contributed by atoms with van der Waals surface area (Å²) in [4.78, 5) is 17.1. The molecule has 3 N–H and O–H groups in total. The first kappa shape index (κ1) is 11.3. The van der Waals surface area contributed by atoms with Crippen LogP contribution in [0.3, 0.4) is 0 Å². The van der Waals surface area contributed by atoms with E-state index in [-0.39, 0.29) is 5.91 Å². The molecule has 5 nitrogen and oxygen atoms in total. The number of nitrogens with zero attached hydrogens (tertiary/aromatic N) is 2. The van der Waals surface area contributed by atoms with Crippen molar-refractivity contribution >= 4 is 17.4 Å². The van der Waals surface area contributed by atoms with Crippen molar-refractivity contribution in [1.29, 1.82) is 0 Å². The molecule has 82 valence electrons. The normalized spacial score (nSPS) is 9.73. The molecule has 0 fully saturated rings. The Kier molecular flexibility index (Phi) is 3.91. The number of pyridine rings is 1. The highest BCUT2D eigenvalue weighted by atomic mass is 16.1. The molecule has 0 saturated carbocycles. The Morgan fingerprint density at radius 2 is 2.40 bits per heavy atom. The lowest BCUT2D eigenvalue weighted by molar-refractivity contribution is -0.119. The van der Waals surface area contributed by atoms with Crippen LogP contribution in [0.15, 0.2) is 18.3 Å². The van der Waals surface area contributed by atoms with E-state index in [2.05, 4.69) is 10.3 Å². The van der Waals surface area contributed by atoms with Gasteiger partial charge in [0.1, 0.15) is 5.82 Å². The van der Waals surface area contributed by atoms with Crippen LogP contribution < -0.4 is 16.0 Å². The average Bonchev–Trinajstić information content (AvgIpc) is 2.25. The number of carbonyl (C=O) groups excluding carboxylic acids is 1. The van der Waals surface area contributed by atoms with Crippen LogP contribution in [0.1, 0.15) is 6.92 Å². The van der Waals surface area contributed by atoms with Crippen LogP contribution in [0.5, 0.6) is 0 Å². The average molecular weight is 208 g/mol. The Morgan fingerprint density at radius 3 is 2.93 bits per heavy atom. The Labute approximate surface area is 89.3 Å². The topological polar surface area (TPSA) is 71.2 Å². The molecule has 0 atom stereocenters. The minimum absolute atomic E-state index is 0.0211. The summed E-state index contributed by atoms with van der Waals surface area (Å²) >= 11 is 0. The first-order valence-corrected chi connectivity index (χ1v) is 4.84. The Bertz CT molecular complexity index is 340. The molecule has 1 heterocycles. The van der Waals surface area contributed by atoms with Crippen LogP contribution >= 0.6 is 0 Å². The summed E-state index contributed by atoms with van der Waals surface area (Å²) in [5.41, 5.74) is 6.49. The summed E-state index contributed by atoms with van der Waals surface area (Å²) in [6.45, 7) is 3.06. The van der Waals surface area contributed by atoms with Crippen LogP contribution in [0.25, 0.3) is 0 Å². The van der Waals surface area contributed by atoms with Crippen molar-refractivity contribution in [1.82, 2.24) is 10.3 Å². The molecule has 0 aromatic carbocycles. The van der Waals surface area contributed by atoms with E-state index in [1.54, 1.807) is 19.3 Å². The minimum Gasteiger partial charge on any atom is -0.384 e. The van der Waals surface area contributed by atoms with Crippen molar-refractivity contribution in [3.05, 3.63) is 18.3 Å². The van der Waals surface area contributed by atoms with E-state index >= 15 is 0 Å². The largest absolute Gasteiger partial charge is 0.384 e. The summed E-state index contributed by atoms with van der Waals surface area (Å²) in [5.74, 6) is 0.440. The van der Waals surface area contributed by atoms with Gasteiger partial charge >= 0.3 is 0 Å². The van der Waals surface area contributed by atoms with E-state index < -0.39 is 0 Å². The molecule has 0 aliphatic carbocycles. The van der Waals surface area contributed by atoms with Gasteiger partial charge in [0.05, 0.1) is 6.54 Å². The van der Waals surface area contributed by atoms with Crippen molar-refractivity contribution in [2.75, 3.05) is 30.8 Å². The highest BCUT2D eigenvalue weighted by Crippen LogP contribution is 2.14. The molecule has 0 saturated heterocycles. The van der Waals surface area contributed by atoms with Gasteiger partial charge in [0, 0.05) is 31.5 Å². The van der Waals surface area contributed by atoms with Gasteiger partial charge in [0.2, 0.25) is 5.91 Å². The van der Waals surface area contributed by atoms with Crippen LogP contribution in [0, 0.1) is 0 Å². The first-order chi connectivity index (χ1) is 7.17. The summed E-state index contributed by atoms with van der Waals surface area (Å²) in [6, 6.07) is 3.59. The fraction of sp³-hybridized carbons (Fsp3) is 0.400. The summed E-state index contributed by atoms with van der Waals surface area (Å²) < 4.78 is 0. The lowest BCUT2D eigenvalue weighted by Crippen LogP contribution is -2.35. The van der Waals surface area contributed by atoms with Crippen molar-refractivity contribution < 1.29 is 4.79 Å². The minimum atomic E-state index is -0.0211. The van der Waals surface area contributed by atoms with Crippen LogP contribution in [0.2, 0.25) is 0 Å². The smallest absolute Gasteiger partial charge is 0.239 e. The van der Waals surface area contributed by atoms with Gasteiger partial charge in [0.15, 0.2) is 0 Å². The highest BCUT2D eigenvalue weighted by Gasteiger charge is 2.08. The van der Waals surface area contributed by atoms with Gasteiger partial charge < -0.3 is 16.0 Å². The second-order valence-corrected chi connectivity index (χ2v) is 3.13. The van der Waals surface area contributed by atoms with E-state index in [9.17, 15) is 4.79 Å². The van der Waals surface area contributed by atoms with Gasteiger partial charge in [-0.05, 0) is 13.0 Å². The number of nitrogens with two attached hydrogens (primary N) is 1. The molecule has 5 heteroatoms. The highest BCUT2D eigenvalue weighted by molar-refractivity contribution is 5.81. The van der Waals surface area contributed by atoms with E-state index in [4.69, 9.17) is 5.73 Å². The summed E-state index contributed by atoms with van der Waals surface area (Å²) in [5, 5.41) is 2.59. The lowest BCUT2D eigenvalue weighted by atomic mass is 10.3. The molecule has 0 radical (unpaired) electrons. The molecule has 0 unspecified atom stereocenters. The van der Waals surface area contributed by atoms with E-state index in [1.165, 1.54) is 0 Å². The predicted octanol–water partition coefficient (Wildman–Crippen LogP) is 0.236. The van der Waals surface area contributed by atoms with E-state index in [0.717, 1.165) is 12.2 Å². The quantitative estimate of drug-likeness (QED) is 0.743. The van der Waals surface area contributed by atoms with Crippen molar-refractivity contribution in [2.24, 2.45) is 0 Å². The molecular weight excluding hydrogens is 192 g/mol. The van der Waals surface area contributed by atoms with Crippen molar-refractivity contribution in [3.8, 4) is 0 Å². The standard InChI is InChI=1S/C10H16N4O/c1-3-14(7-10(15)12-2)8-4-5-13-9(11)6-8/h4-6H,3,7H2,1-2H3,(H2,11,13)(H,12,15). The third kappa shape index (κ3) is 3.12. The number of amides is 1. The Hall–Kier alpha value is -1.78. The monoisotopic (exact) mass is 208 g/mol. The van der Waals surface area contributed by atoms with Gasteiger partial charge in [-0.2, -0.15) is 0 Å². The number of nitrogens with one attached hydrogen (secondary N) is 1. The van der Waals surface area contributed by atoms with Gasteiger partial charge in [-0.25, -0.2) is 4.98 Å². The predicted molar refractivity (Wildman–Crippen MR) is 60.6 cm³/mol. The molecule has 0 aliphatic heterocycles. The molecule has 15 heavy (non-hydrogen) atoms. The number of hydrogen-bond acceptors (Lipinski definition) is 4. The molecule has 1 aromatic rings. The Morgan fingerprint density at radius 1 is 1.67 bits per heavy atom. The molecule has 1 rings (SSSR count). The maximum absolute atomic E-state index is 11.2. The molecule has 0 spiro atoms. The maximum Gasteiger partial charge on any atom is 0.239 e. The van der Waals surface area contributed by atoms with Crippen molar-refractivity contribution in [3.63, 3.8) is 0 Å². The number of rotatable bonds is 4. The van der Waals surface area contributed by atoms with E-state index in [1.807, 2.05) is 17.9 Å². The Balaban J connectivity index is 2.78. The van der Waals surface area contributed by atoms with Crippen LogP contribution in [0.4, 0.5) is 11.5 Å².